The first kappa shape index (κ1) is 62.5. The second-order valence-electron chi connectivity index (χ2n) is 20.1. The lowest BCUT2D eigenvalue weighted by Gasteiger charge is -2.17. The van der Waals surface area contributed by atoms with E-state index in [1.165, 1.54) is 48.2 Å². The van der Waals surface area contributed by atoms with Crippen molar-refractivity contribution in [2.75, 3.05) is 129 Å². The second-order valence-corrected chi connectivity index (χ2v) is 23.1. The van der Waals surface area contributed by atoms with Crippen molar-refractivity contribution >= 4 is 94.1 Å². The number of aryl methyl sites for hydroxylation is 3. The van der Waals surface area contributed by atoms with E-state index in [-0.39, 0.29) is 23.9 Å². The first-order valence-electron chi connectivity index (χ1n) is 27.5. The molecule has 87 heavy (non-hydrogen) atoms. The summed E-state index contributed by atoms with van der Waals surface area (Å²) in [6.07, 6.45) is 1.15. The third-order valence-electron chi connectivity index (χ3n) is 13.9. The number of hydrogen-bond acceptors (Lipinski definition) is 30. The molecule has 2 aromatic carbocycles. The van der Waals surface area contributed by atoms with Crippen LogP contribution in [0.15, 0.2) is 72.8 Å². The van der Waals surface area contributed by atoms with E-state index in [4.69, 9.17) is 34.2 Å². The molecule has 0 spiro atoms. The largest absolute Gasteiger partial charge is 0.497 e. The normalized spacial score (nSPS) is 16.8. The van der Waals surface area contributed by atoms with Crippen LogP contribution in [0, 0.1) is 20.8 Å². The highest BCUT2D eigenvalue weighted by atomic mass is 32.1. The smallest absolute Gasteiger partial charge is 0.259 e. The topological polar surface area (TPSA) is 340 Å². The summed E-state index contributed by atoms with van der Waals surface area (Å²) in [7, 11) is 9.13. The summed E-state index contributed by atoms with van der Waals surface area (Å²) >= 11 is 3.91. The van der Waals surface area contributed by atoms with Gasteiger partial charge in [0.1, 0.15) is 23.0 Å². The number of anilines is 9. The number of benzene rings is 2. The van der Waals surface area contributed by atoms with E-state index in [9.17, 15) is 9.59 Å². The van der Waals surface area contributed by atoms with Crippen molar-refractivity contribution < 1.29 is 38.0 Å². The van der Waals surface area contributed by atoms with Gasteiger partial charge < -0.3 is 64.8 Å². The van der Waals surface area contributed by atoms with E-state index < -0.39 is 12.2 Å². The SMILES string of the molecule is COc1cc(OC)cc([C@@H](OC)C(=O)Nc2nnc(N[C@@H]3CCN(c4ccc(C)nn4)C3)s2)c1.COc1cc(OC)cc([C@H](OC)C(=O)Nc2nnc(N[C@@H]3CCN(c4ccc(C)nn4)C3)s2)c1.Cc1ccc(N2CC[C@@H](Nc3nnc(N)s3)C2)nn1. The van der Waals surface area contributed by atoms with Gasteiger partial charge in [0.05, 0.1) is 45.5 Å². The zero-order chi connectivity index (χ0) is 61.4. The van der Waals surface area contributed by atoms with Crippen LogP contribution in [0.1, 0.15) is 59.7 Å². The third-order valence-corrected chi connectivity index (χ3v) is 16.1. The zero-order valence-electron chi connectivity index (χ0n) is 49.5. The van der Waals surface area contributed by atoms with E-state index in [1.807, 2.05) is 57.2 Å². The van der Waals surface area contributed by atoms with E-state index >= 15 is 0 Å². The van der Waals surface area contributed by atoms with Crippen LogP contribution in [0.25, 0.3) is 0 Å². The summed E-state index contributed by atoms with van der Waals surface area (Å²) in [5.41, 5.74) is 9.48. The van der Waals surface area contributed by atoms with Crippen molar-refractivity contribution in [2.45, 2.75) is 70.4 Å². The number of rotatable bonds is 21. The average Bonchev–Trinajstić information content (AvgIpc) is 4.61. The molecular weight excluding hydrogens is 1180 g/mol. The summed E-state index contributed by atoms with van der Waals surface area (Å²) in [6.45, 7) is 10.9. The Labute approximate surface area is 514 Å². The summed E-state index contributed by atoms with van der Waals surface area (Å²) in [4.78, 5) is 32.4. The monoisotopic (exact) mass is 1250 g/mol. The predicted octanol–water partition coefficient (Wildman–Crippen LogP) is 6.25. The van der Waals surface area contributed by atoms with Gasteiger partial charge in [-0.1, -0.05) is 34.0 Å². The summed E-state index contributed by atoms with van der Waals surface area (Å²) in [5, 5.41) is 68.4. The first-order valence-corrected chi connectivity index (χ1v) is 30.0. The minimum absolute atomic E-state index is 0.190. The molecular formula is C55H69N21O8S3. The maximum atomic E-state index is 12.9. The number of hydrogen-bond donors (Lipinski definition) is 6. The molecule has 29 nitrogen and oxygen atoms in total. The van der Waals surface area contributed by atoms with Crippen LogP contribution >= 0.6 is 34.0 Å². The van der Waals surface area contributed by atoms with Gasteiger partial charge >= 0.3 is 0 Å². The number of aromatic nitrogens is 12. The lowest BCUT2D eigenvalue weighted by molar-refractivity contribution is -0.126. The highest BCUT2D eigenvalue weighted by molar-refractivity contribution is 7.19. The fraction of sp³-hybridized carbons (Fsp3) is 0.418. The fourth-order valence-electron chi connectivity index (χ4n) is 9.51. The Bertz CT molecular complexity index is 3290. The molecule has 3 aliphatic rings. The van der Waals surface area contributed by atoms with Gasteiger partial charge in [-0.05, 0) is 112 Å². The van der Waals surface area contributed by atoms with Gasteiger partial charge in [0.25, 0.3) is 11.8 Å². The molecule has 0 aliphatic carbocycles. The first-order chi connectivity index (χ1) is 42.2. The van der Waals surface area contributed by atoms with Crippen molar-refractivity contribution in [2.24, 2.45) is 0 Å². The molecule has 32 heteroatoms. The minimum atomic E-state index is -0.872. The van der Waals surface area contributed by atoms with E-state index in [0.29, 0.717) is 65.8 Å². The van der Waals surface area contributed by atoms with Gasteiger partial charge in [0.2, 0.25) is 30.8 Å². The van der Waals surface area contributed by atoms with Crippen LogP contribution < -0.4 is 66.0 Å². The molecule has 0 unspecified atom stereocenters. The molecule has 7 N–H and O–H groups in total. The fourth-order valence-corrected chi connectivity index (χ4v) is 11.5. The van der Waals surface area contributed by atoms with Crippen LogP contribution in [0.4, 0.5) is 48.2 Å². The second kappa shape index (κ2) is 29.9. The Morgan fingerprint density at radius 1 is 0.448 bits per heavy atom. The van der Waals surface area contributed by atoms with E-state index in [0.717, 1.165) is 98.2 Å². The minimum Gasteiger partial charge on any atom is -0.497 e. The maximum absolute atomic E-state index is 12.9. The molecule has 5 atom stereocenters. The number of ether oxygens (including phenoxy) is 6. The molecule has 3 fully saturated rings. The van der Waals surface area contributed by atoms with Gasteiger partial charge in [0.15, 0.2) is 29.7 Å². The Kier molecular flexibility index (Phi) is 21.5. The van der Waals surface area contributed by atoms with Crippen LogP contribution in [0.2, 0.25) is 0 Å². The van der Waals surface area contributed by atoms with Crippen LogP contribution in [0.3, 0.4) is 0 Å². The number of carbonyl (C=O) groups is 2. The Morgan fingerprint density at radius 2 is 0.770 bits per heavy atom. The summed E-state index contributed by atoms with van der Waals surface area (Å²) in [6, 6.07) is 23.0. The van der Waals surface area contributed by atoms with Crippen LogP contribution in [0.5, 0.6) is 23.0 Å². The van der Waals surface area contributed by atoms with Gasteiger partial charge in [-0.3, -0.25) is 20.2 Å². The lowest BCUT2D eigenvalue weighted by Crippen LogP contribution is -2.26. The molecule has 0 saturated carbocycles. The molecule has 460 valence electrons. The average molecular weight is 1250 g/mol. The van der Waals surface area contributed by atoms with Crippen molar-refractivity contribution in [3.63, 3.8) is 0 Å². The Morgan fingerprint density at radius 3 is 1.06 bits per heavy atom. The molecule has 2 amide bonds. The summed E-state index contributed by atoms with van der Waals surface area (Å²) < 4.78 is 32.1. The molecule has 0 radical (unpaired) electrons. The number of carbonyl (C=O) groups excluding carboxylic acids is 2. The Hall–Kier alpha value is -8.98. The van der Waals surface area contributed by atoms with E-state index in [1.54, 1.807) is 64.8 Å². The molecule has 3 saturated heterocycles. The third kappa shape index (κ3) is 17.1. The van der Waals surface area contributed by atoms with Gasteiger partial charge in [0, 0.05) is 83.7 Å². The van der Waals surface area contributed by atoms with Gasteiger partial charge in [-0.15, -0.1) is 45.9 Å². The Balaban J connectivity index is 0.000000162. The molecule has 11 rings (SSSR count). The molecule has 8 aromatic rings. The number of nitrogens with one attached hydrogen (secondary N) is 5. The van der Waals surface area contributed by atoms with Crippen molar-refractivity contribution in [3.8, 4) is 23.0 Å². The molecule has 3 aliphatic heterocycles. The highest BCUT2D eigenvalue weighted by Gasteiger charge is 2.30. The van der Waals surface area contributed by atoms with Crippen LogP contribution in [-0.2, 0) is 19.1 Å². The molecule has 0 bridgehead atoms. The zero-order valence-corrected chi connectivity index (χ0v) is 51.9. The highest BCUT2D eigenvalue weighted by Crippen LogP contribution is 2.33. The lowest BCUT2D eigenvalue weighted by atomic mass is 10.1. The molecule has 9 heterocycles. The van der Waals surface area contributed by atoms with Crippen molar-refractivity contribution in [1.82, 2.24) is 61.2 Å². The van der Waals surface area contributed by atoms with Crippen molar-refractivity contribution in [1.29, 1.82) is 0 Å². The van der Waals surface area contributed by atoms with Crippen molar-refractivity contribution in [3.05, 3.63) is 101 Å². The van der Waals surface area contributed by atoms with Crippen LogP contribution in [-0.4, -0.2) is 173 Å². The molecule has 6 aromatic heterocycles. The number of nitrogens with zero attached hydrogens (tertiary/aromatic N) is 15. The van der Waals surface area contributed by atoms with Gasteiger partial charge in [-0.2, -0.15) is 15.3 Å². The standard InChI is InChI=1S/2C22H27N7O4S.C11H15N7S/c2*1-13-5-6-18(26-25-13)29-8-7-15(12-29)23-21-27-28-22(34-21)24-20(30)19(33-4)14-9-16(31-2)11-17(10-14)32-3;1-7-2-3-9(15-14-7)18-5-4-8(6-18)13-11-17-16-10(12)19-11/h2*5-6,9-11,15,19H,7-8,12H2,1-4H3,(H,23,27)(H,24,28,30);2-3,8H,4-6H2,1H3,(H2,12,16)(H,13,17)/t15-,19+;15-,19-;8-/m111/s1. The quantitative estimate of drug-likeness (QED) is 0.0463. The number of nitrogen functional groups attached to an aromatic ring is 1. The summed E-state index contributed by atoms with van der Waals surface area (Å²) in [5.74, 6) is 4.16. The van der Waals surface area contributed by atoms with Gasteiger partial charge in [-0.25, -0.2) is 0 Å². The number of nitrogens with two attached hydrogens (primary N) is 1. The number of methoxy groups -OCH3 is 6. The predicted molar refractivity (Wildman–Crippen MR) is 333 cm³/mol. The van der Waals surface area contributed by atoms with E-state index in [2.05, 4.69) is 102 Å². The number of amides is 2. The maximum Gasteiger partial charge on any atom is 0.259 e.